The summed E-state index contributed by atoms with van der Waals surface area (Å²) < 4.78 is 6.10. The molecule has 19 heavy (non-hydrogen) atoms. The zero-order valence-corrected chi connectivity index (χ0v) is 12.2. The predicted octanol–water partition coefficient (Wildman–Crippen LogP) is 1.13. The third-order valence-electron chi connectivity index (χ3n) is 5.37. The first-order chi connectivity index (χ1) is 9.11. The van der Waals surface area contributed by atoms with Crippen molar-refractivity contribution in [1.82, 2.24) is 10.2 Å². The van der Waals surface area contributed by atoms with Crippen molar-refractivity contribution in [3.05, 3.63) is 0 Å². The molecule has 0 radical (unpaired) electrons. The normalized spacial score (nSPS) is 38.4. The highest BCUT2D eigenvalue weighted by Crippen LogP contribution is 2.41. The van der Waals surface area contributed by atoms with E-state index in [1.807, 2.05) is 0 Å². The SMILES string of the molecule is CN(CC1(O)CCNC1)C1CCOC2(CCCC2)C1. The zero-order valence-electron chi connectivity index (χ0n) is 12.2. The third-order valence-corrected chi connectivity index (χ3v) is 5.37. The minimum absolute atomic E-state index is 0.174. The lowest BCUT2D eigenvalue weighted by Crippen LogP contribution is -2.51. The van der Waals surface area contributed by atoms with E-state index in [1.54, 1.807) is 0 Å². The summed E-state index contributed by atoms with van der Waals surface area (Å²) in [6.45, 7) is 3.38. The molecule has 2 heterocycles. The molecule has 2 N–H and O–H groups in total. The van der Waals surface area contributed by atoms with E-state index in [0.29, 0.717) is 6.04 Å². The van der Waals surface area contributed by atoms with Crippen LogP contribution in [0.15, 0.2) is 0 Å². The van der Waals surface area contributed by atoms with Crippen LogP contribution in [0.4, 0.5) is 0 Å². The lowest BCUT2D eigenvalue weighted by Gasteiger charge is -2.43. The van der Waals surface area contributed by atoms with Gasteiger partial charge in [0, 0.05) is 25.7 Å². The van der Waals surface area contributed by atoms with Crippen LogP contribution < -0.4 is 5.32 Å². The molecule has 2 saturated heterocycles. The second-order valence-electron chi connectivity index (χ2n) is 6.95. The van der Waals surface area contributed by atoms with Crippen LogP contribution >= 0.6 is 0 Å². The van der Waals surface area contributed by atoms with Crippen molar-refractivity contribution >= 4 is 0 Å². The van der Waals surface area contributed by atoms with E-state index in [-0.39, 0.29) is 5.60 Å². The number of nitrogens with zero attached hydrogens (tertiary/aromatic N) is 1. The Kier molecular flexibility index (Phi) is 3.87. The number of rotatable bonds is 3. The van der Waals surface area contributed by atoms with Crippen LogP contribution in [0.5, 0.6) is 0 Å². The Labute approximate surface area is 116 Å². The van der Waals surface area contributed by atoms with Gasteiger partial charge in [0.25, 0.3) is 0 Å². The number of nitrogens with one attached hydrogen (secondary N) is 1. The van der Waals surface area contributed by atoms with Crippen LogP contribution in [-0.2, 0) is 4.74 Å². The number of hydrogen-bond donors (Lipinski definition) is 2. The molecule has 1 saturated carbocycles. The predicted molar refractivity (Wildman–Crippen MR) is 75.2 cm³/mol. The summed E-state index contributed by atoms with van der Waals surface area (Å²) in [7, 11) is 2.18. The van der Waals surface area contributed by atoms with E-state index in [0.717, 1.165) is 45.5 Å². The van der Waals surface area contributed by atoms with Gasteiger partial charge in [-0.05, 0) is 45.7 Å². The second kappa shape index (κ2) is 5.32. The molecule has 4 heteroatoms. The first-order valence-corrected chi connectivity index (χ1v) is 7.88. The van der Waals surface area contributed by atoms with Crippen molar-refractivity contribution in [1.29, 1.82) is 0 Å². The van der Waals surface area contributed by atoms with Gasteiger partial charge in [0.05, 0.1) is 11.2 Å². The molecule has 3 aliphatic rings. The maximum atomic E-state index is 10.5. The Bertz CT molecular complexity index is 309. The minimum Gasteiger partial charge on any atom is -0.387 e. The lowest BCUT2D eigenvalue weighted by atomic mass is 9.87. The minimum atomic E-state index is -0.518. The van der Waals surface area contributed by atoms with Gasteiger partial charge >= 0.3 is 0 Å². The van der Waals surface area contributed by atoms with Crippen molar-refractivity contribution in [2.24, 2.45) is 0 Å². The van der Waals surface area contributed by atoms with Gasteiger partial charge in [0.15, 0.2) is 0 Å². The highest BCUT2D eigenvalue weighted by atomic mass is 16.5. The monoisotopic (exact) mass is 268 g/mol. The van der Waals surface area contributed by atoms with Gasteiger partial charge in [-0.25, -0.2) is 0 Å². The molecule has 3 rings (SSSR count). The highest BCUT2D eigenvalue weighted by molar-refractivity contribution is 4.96. The number of aliphatic hydroxyl groups is 1. The Morgan fingerprint density at radius 3 is 2.79 bits per heavy atom. The van der Waals surface area contributed by atoms with Crippen LogP contribution in [0.3, 0.4) is 0 Å². The number of likely N-dealkylation sites (N-methyl/N-ethyl adjacent to an activating group) is 1. The van der Waals surface area contributed by atoms with E-state index in [9.17, 15) is 5.11 Å². The van der Waals surface area contributed by atoms with Gasteiger partial charge in [0.1, 0.15) is 0 Å². The van der Waals surface area contributed by atoms with Gasteiger partial charge < -0.3 is 20.1 Å². The Hall–Kier alpha value is -0.160. The Morgan fingerprint density at radius 1 is 1.32 bits per heavy atom. The molecular formula is C15H28N2O2. The molecule has 4 nitrogen and oxygen atoms in total. The van der Waals surface area contributed by atoms with Gasteiger partial charge in [-0.3, -0.25) is 0 Å². The summed E-state index contributed by atoms with van der Waals surface area (Å²) in [6, 6.07) is 0.580. The van der Waals surface area contributed by atoms with Crippen molar-refractivity contribution in [2.75, 3.05) is 33.3 Å². The molecule has 3 fully saturated rings. The molecule has 2 aliphatic heterocycles. The molecular weight excluding hydrogens is 240 g/mol. The largest absolute Gasteiger partial charge is 0.387 e. The van der Waals surface area contributed by atoms with Crippen LogP contribution in [-0.4, -0.2) is 60.5 Å². The molecule has 0 bridgehead atoms. The fraction of sp³-hybridized carbons (Fsp3) is 1.00. The summed E-state index contributed by atoms with van der Waals surface area (Å²) in [6.07, 6.45) is 8.28. The van der Waals surface area contributed by atoms with E-state index >= 15 is 0 Å². The van der Waals surface area contributed by atoms with Crippen molar-refractivity contribution in [3.63, 3.8) is 0 Å². The zero-order chi connectivity index (χ0) is 13.3. The summed E-state index contributed by atoms with van der Waals surface area (Å²) >= 11 is 0. The molecule has 0 aromatic carbocycles. The van der Waals surface area contributed by atoms with Gasteiger partial charge in [0.2, 0.25) is 0 Å². The van der Waals surface area contributed by atoms with Gasteiger partial charge in [-0.15, -0.1) is 0 Å². The highest BCUT2D eigenvalue weighted by Gasteiger charge is 2.42. The molecule has 2 unspecified atom stereocenters. The molecule has 1 aliphatic carbocycles. The fourth-order valence-electron chi connectivity index (χ4n) is 4.20. The van der Waals surface area contributed by atoms with E-state index in [1.165, 1.54) is 25.7 Å². The van der Waals surface area contributed by atoms with Crippen molar-refractivity contribution < 1.29 is 9.84 Å². The molecule has 2 atom stereocenters. The van der Waals surface area contributed by atoms with Crippen LogP contribution in [0.25, 0.3) is 0 Å². The standard InChI is InChI=1S/C15H28N2O2/c1-17(12-14(18)7-8-16-11-14)13-4-9-19-15(10-13)5-2-3-6-15/h13,16,18H,2-12H2,1H3. The summed E-state index contributed by atoms with van der Waals surface area (Å²) in [5.74, 6) is 0. The lowest BCUT2D eigenvalue weighted by molar-refractivity contribution is -0.106. The average molecular weight is 268 g/mol. The average Bonchev–Trinajstić information content (AvgIpc) is 3.00. The molecule has 0 amide bonds. The second-order valence-corrected chi connectivity index (χ2v) is 6.95. The Morgan fingerprint density at radius 2 is 2.11 bits per heavy atom. The molecule has 0 aromatic rings. The number of hydrogen-bond acceptors (Lipinski definition) is 4. The third kappa shape index (κ3) is 2.97. The number of ether oxygens (including phenoxy) is 1. The first-order valence-electron chi connectivity index (χ1n) is 7.88. The van der Waals surface area contributed by atoms with Crippen LogP contribution in [0.1, 0.15) is 44.9 Å². The first kappa shape index (κ1) is 13.8. The molecule has 110 valence electrons. The van der Waals surface area contributed by atoms with Crippen LogP contribution in [0.2, 0.25) is 0 Å². The maximum Gasteiger partial charge on any atom is 0.0909 e. The quantitative estimate of drug-likeness (QED) is 0.805. The van der Waals surface area contributed by atoms with Gasteiger partial charge in [-0.1, -0.05) is 12.8 Å². The Balaban J connectivity index is 1.58. The topological polar surface area (TPSA) is 44.7 Å². The molecule has 1 spiro atoms. The summed E-state index contributed by atoms with van der Waals surface area (Å²) in [4.78, 5) is 2.38. The smallest absolute Gasteiger partial charge is 0.0909 e. The van der Waals surface area contributed by atoms with E-state index in [2.05, 4.69) is 17.3 Å². The fourth-order valence-corrected chi connectivity index (χ4v) is 4.20. The summed E-state index contributed by atoms with van der Waals surface area (Å²) in [5, 5.41) is 13.8. The maximum absolute atomic E-state index is 10.5. The van der Waals surface area contributed by atoms with Crippen molar-refractivity contribution in [3.8, 4) is 0 Å². The van der Waals surface area contributed by atoms with E-state index < -0.39 is 5.60 Å². The summed E-state index contributed by atoms with van der Waals surface area (Å²) in [5.41, 5.74) is -0.344. The number of β-amino-alcohol motifs (C(OH)–C–C–N with tert-alkyl or cyclic N) is 1. The van der Waals surface area contributed by atoms with Crippen molar-refractivity contribution in [2.45, 2.75) is 62.2 Å². The van der Waals surface area contributed by atoms with Gasteiger partial charge in [-0.2, -0.15) is 0 Å². The molecule has 0 aromatic heterocycles. The van der Waals surface area contributed by atoms with E-state index in [4.69, 9.17) is 4.74 Å². The van der Waals surface area contributed by atoms with Crippen LogP contribution in [0, 0.1) is 0 Å².